The second-order valence-electron chi connectivity index (χ2n) is 3.05. The van der Waals surface area contributed by atoms with Crippen molar-refractivity contribution in [1.29, 1.82) is 0 Å². The van der Waals surface area contributed by atoms with Crippen LogP contribution in [0.5, 0.6) is 0 Å². The van der Waals surface area contributed by atoms with Crippen molar-refractivity contribution in [2.24, 2.45) is 5.73 Å². The van der Waals surface area contributed by atoms with Crippen molar-refractivity contribution in [2.45, 2.75) is 45.7 Å². The summed E-state index contributed by atoms with van der Waals surface area (Å²) in [4.78, 5) is 10.5. The van der Waals surface area contributed by atoms with Gasteiger partial charge in [0.1, 0.15) is 0 Å². The van der Waals surface area contributed by atoms with Crippen LogP contribution in [0.1, 0.15) is 33.6 Å². The van der Waals surface area contributed by atoms with Gasteiger partial charge in [-0.2, -0.15) is 0 Å². The van der Waals surface area contributed by atoms with Crippen LogP contribution >= 0.6 is 0 Å². The predicted octanol–water partition coefficient (Wildman–Crippen LogP) is 0.638. The lowest BCUT2D eigenvalue weighted by atomic mass is 10.2. The van der Waals surface area contributed by atoms with Gasteiger partial charge in [-0.25, -0.2) is 0 Å². The van der Waals surface area contributed by atoms with Gasteiger partial charge in [0.05, 0.1) is 0 Å². The van der Waals surface area contributed by atoms with Crippen LogP contribution in [0.2, 0.25) is 0 Å². The van der Waals surface area contributed by atoms with E-state index in [0.717, 1.165) is 6.42 Å². The molecule has 3 N–H and O–H groups in total. The maximum atomic E-state index is 10.5. The van der Waals surface area contributed by atoms with E-state index in [2.05, 4.69) is 19.2 Å². The van der Waals surface area contributed by atoms with Gasteiger partial charge in [-0.3, -0.25) is 4.79 Å². The Hall–Kier alpha value is -0.570. The van der Waals surface area contributed by atoms with Gasteiger partial charge in [0.15, 0.2) is 0 Å². The number of primary amides is 1. The lowest BCUT2D eigenvalue weighted by molar-refractivity contribution is -0.118. The standard InChI is InChI=1S/C8H18N2O/c1-4-6(2)10-7(3)5-8(9)11/h6-7,10H,4-5H2,1-3H3,(H2,9,11). The van der Waals surface area contributed by atoms with Crippen molar-refractivity contribution in [3.05, 3.63) is 0 Å². The van der Waals surface area contributed by atoms with Gasteiger partial charge in [-0.1, -0.05) is 6.92 Å². The van der Waals surface area contributed by atoms with Gasteiger partial charge >= 0.3 is 0 Å². The highest BCUT2D eigenvalue weighted by Crippen LogP contribution is 1.94. The van der Waals surface area contributed by atoms with Crippen LogP contribution in [0.25, 0.3) is 0 Å². The van der Waals surface area contributed by atoms with Crippen molar-refractivity contribution in [1.82, 2.24) is 5.32 Å². The van der Waals surface area contributed by atoms with Crippen LogP contribution in [-0.2, 0) is 4.79 Å². The predicted molar refractivity (Wildman–Crippen MR) is 46.2 cm³/mol. The van der Waals surface area contributed by atoms with Crippen LogP contribution in [0.15, 0.2) is 0 Å². The maximum Gasteiger partial charge on any atom is 0.218 e. The third-order valence-electron chi connectivity index (χ3n) is 1.69. The third kappa shape index (κ3) is 5.85. The summed E-state index contributed by atoms with van der Waals surface area (Å²) < 4.78 is 0. The normalized spacial score (nSPS) is 15.9. The van der Waals surface area contributed by atoms with E-state index in [-0.39, 0.29) is 11.9 Å². The molecule has 0 heterocycles. The first-order valence-corrected chi connectivity index (χ1v) is 4.10. The first-order valence-electron chi connectivity index (χ1n) is 4.10. The summed E-state index contributed by atoms with van der Waals surface area (Å²) >= 11 is 0. The maximum absolute atomic E-state index is 10.5. The molecular formula is C8H18N2O. The molecule has 0 saturated carbocycles. The summed E-state index contributed by atoms with van der Waals surface area (Å²) in [5, 5.41) is 3.26. The molecule has 0 saturated heterocycles. The van der Waals surface area contributed by atoms with E-state index < -0.39 is 0 Å². The van der Waals surface area contributed by atoms with Crippen molar-refractivity contribution >= 4 is 5.91 Å². The molecule has 0 rings (SSSR count). The highest BCUT2D eigenvalue weighted by Gasteiger charge is 2.07. The fourth-order valence-electron chi connectivity index (χ4n) is 0.964. The number of amides is 1. The quantitative estimate of drug-likeness (QED) is 0.617. The zero-order valence-corrected chi connectivity index (χ0v) is 7.55. The molecule has 0 aliphatic heterocycles. The number of rotatable bonds is 5. The van der Waals surface area contributed by atoms with E-state index in [4.69, 9.17) is 5.73 Å². The lowest BCUT2D eigenvalue weighted by Crippen LogP contribution is -2.36. The minimum atomic E-state index is -0.242. The van der Waals surface area contributed by atoms with Crippen molar-refractivity contribution in [2.75, 3.05) is 0 Å². The second kappa shape index (κ2) is 5.13. The Labute approximate surface area is 68.3 Å². The van der Waals surface area contributed by atoms with Crippen molar-refractivity contribution in [3.63, 3.8) is 0 Å². The molecule has 66 valence electrons. The molecule has 0 aromatic rings. The summed E-state index contributed by atoms with van der Waals surface area (Å²) in [7, 11) is 0. The molecule has 0 aliphatic rings. The number of nitrogens with two attached hydrogens (primary N) is 1. The molecule has 0 aromatic heterocycles. The largest absolute Gasteiger partial charge is 0.370 e. The smallest absolute Gasteiger partial charge is 0.218 e. The summed E-state index contributed by atoms with van der Waals surface area (Å²) in [6.45, 7) is 6.17. The molecule has 0 aromatic carbocycles. The Morgan fingerprint density at radius 3 is 2.36 bits per heavy atom. The highest BCUT2D eigenvalue weighted by molar-refractivity contribution is 5.74. The summed E-state index contributed by atoms with van der Waals surface area (Å²) in [5.74, 6) is -0.242. The summed E-state index contributed by atoms with van der Waals surface area (Å²) in [6, 6.07) is 0.659. The molecule has 0 aliphatic carbocycles. The van der Waals surface area contributed by atoms with Crippen molar-refractivity contribution in [3.8, 4) is 0 Å². The highest BCUT2D eigenvalue weighted by atomic mass is 16.1. The van der Waals surface area contributed by atoms with Gasteiger partial charge in [-0.15, -0.1) is 0 Å². The first kappa shape index (κ1) is 10.4. The Balaban J connectivity index is 3.51. The Bertz CT molecular complexity index is 125. The van der Waals surface area contributed by atoms with Crippen molar-refractivity contribution < 1.29 is 4.79 Å². The fraction of sp³-hybridized carbons (Fsp3) is 0.875. The van der Waals surface area contributed by atoms with E-state index >= 15 is 0 Å². The monoisotopic (exact) mass is 158 g/mol. The first-order chi connectivity index (χ1) is 5.06. The Morgan fingerprint density at radius 2 is 2.00 bits per heavy atom. The van der Waals surface area contributed by atoms with E-state index in [1.54, 1.807) is 0 Å². The molecule has 0 spiro atoms. The third-order valence-corrected chi connectivity index (χ3v) is 1.69. The van der Waals surface area contributed by atoms with E-state index in [1.807, 2.05) is 6.92 Å². The Kier molecular flexibility index (Phi) is 4.86. The number of hydrogen-bond donors (Lipinski definition) is 2. The molecule has 3 nitrogen and oxygen atoms in total. The lowest BCUT2D eigenvalue weighted by Gasteiger charge is -2.16. The number of hydrogen-bond acceptors (Lipinski definition) is 2. The zero-order valence-electron chi connectivity index (χ0n) is 7.55. The van der Waals surface area contributed by atoms with Gasteiger partial charge in [0, 0.05) is 18.5 Å². The van der Waals surface area contributed by atoms with Crippen LogP contribution in [0, 0.1) is 0 Å². The minimum Gasteiger partial charge on any atom is -0.370 e. The molecular weight excluding hydrogens is 140 g/mol. The van der Waals surface area contributed by atoms with Crippen LogP contribution in [-0.4, -0.2) is 18.0 Å². The molecule has 0 bridgehead atoms. The summed E-state index contributed by atoms with van der Waals surface area (Å²) in [6.07, 6.45) is 1.49. The summed E-state index contributed by atoms with van der Waals surface area (Å²) in [5.41, 5.74) is 5.03. The second-order valence-corrected chi connectivity index (χ2v) is 3.05. The van der Waals surface area contributed by atoms with E-state index in [9.17, 15) is 4.79 Å². The Morgan fingerprint density at radius 1 is 1.45 bits per heavy atom. The molecule has 3 heteroatoms. The SMILES string of the molecule is CCC(C)NC(C)CC(N)=O. The van der Waals surface area contributed by atoms with Crippen LogP contribution < -0.4 is 11.1 Å². The average Bonchev–Trinajstić information content (AvgIpc) is 1.85. The van der Waals surface area contributed by atoms with Gasteiger partial charge in [-0.05, 0) is 20.3 Å². The number of nitrogens with one attached hydrogen (secondary N) is 1. The average molecular weight is 158 g/mol. The number of carbonyl (C=O) groups excluding carboxylic acids is 1. The van der Waals surface area contributed by atoms with Gasteiger partial charge in [0.25, 0.3) is 0 Å². The molecule has 0 radical (unpaired) electrons. The van der Waals surface area contributed by atoms with Gasteiger partial charge in [0.2, 0.25) is 5.91 Å². The minimum absolute atomic E-state index is 0.197. The van der Waals surface area contributed by atoms with E-state index in [0.29, 0.717) is 12.5 Å². The molecule has 2 unspecified atom stereocenters. The van der Waals surface area contributed by atoms with Crippen LogP contribution in [0.4, 0.5) is 0 Å². The molecule has 0 fully saturated rings. The molecule has 11 heavy (non-hydrogen) atoms. The van der Waals surface area contributed by atoms with Crippen LogP contribution in [0.3, 0.4) is 0 Å². The molecule has 2 atom stereocenters. The van der Waals surface area contributed by atoms with Gasteiger partial charge < -0.3 is 11.1 Å². The number of carbonyl (C=O) groups is 1. The van der Waals surface area contributed by atoms with E-state index in [1.165, 1.54) is 0 Å². The zero-order chi connectivity index (χ0) is 8.85. The topological polar surface area (TPSA) is 55.1 Å². The fourth-order valence-corrected chi connectivity index (χ4v) is 0.964. The molecule has 1 amide bonds.